The fraction of sp³-hybridized carbons (Fsp3) is 0.478. The van der Waals surface area contributed by atoms with E-state index in [2.05, 4.69) is 33.1 Å². The molecule has 3 rings (SSSR count). The smallest absolute Gasteiger partial charge is 0.253 e. The molecule has 1 aliphatic carbocycles. The summed E-state index contributed by atoms with van der Waals surface area (Å²) in [6.07, 6.45) is 6.40. The lowest BCUT2D eigenvalue weighted by Crippen LogP contribution is -2.46. The second-order valence-electron chi connectivity index (χ2n) is 7.99. The highest BCUT2D eigenvalue weighted by Gasteiger charge is 2.34. The van der Waals surface area contributed by atoms with Crippen LogP contribution in [-0.2, 0) is 12.0 Å². The van der Waals surface area contributed by atoms with E-state index >= 15 is 0 Å². The van der Waals surface area contributed by atoms with Gasteiger partial charge in [-0.05, 0) is 42.0 Å². The Morgan fingerprint density at radius 1 is 1.10 bits per heavy atom. The van der Waals surface area contributed by atoms with E-state index in [0.29, 0.717) is 12.1 Å². The van der Waals surface area contributed by atoms with Gasteiger partial charge in [-0.15, -0.1) is 35.3 Å². The van der Waals surface area contributed by atoms with Crippen molar-refractivity contribution in [1.82, 2.24) is 15.5 Å². The predicted octanol–water partition coefficient (Wildman–Crippen LogP) is 4.64. The van der Waals surface area contributed by atoms with Gasteiger partial charge in [-0.3, -0.25) is 9.79 Å². The molecule has 0 spiro atoms. The number of amides is 1. The van der Waals surface area contributed by atoms with Crippen LogP contribution in [0.15, 0.2) is 46.8 Å². The van der Waals surface area contributed by atoms with Gasteiger partial charge in [0.25, 0.3) is 5.91 Å². The molecule has 1 aromatic carbocycles. The van der Waals surface area contributed by atoms with Crippen molar-refractivity contribution < 1.29 is 4.79 Å². The van der Waals surface area contributed by atoms with Gasteiger partial charge in [-0.1, -0.05) is 37.5 Å². The molecular formula is C23H33IN4OS. The number of carbonyl (C=O) groups excluding carboxylic acids is 1. The first-order valence-electron chi connectivity index (χ1n) is 10.3. The van der Waals surface area contributed by atoms with E-state index in [1.54, 1.807) is 19.0 Å². The lowest BCUT2D eigenvalue weighted by Gasteiger charge is -2.37. The molecule has 2 N–H and O–H groups in total. The number of hydrogen-bond donors (Lipinski definition) is 2. The van der Waals surface area contributed by atoms with Gasteiger partial charge in [0, 0.05) is 50.1 Å². The van der Waals surface area contributed by atoms with Crippen LogP contribution in [0, 0.1) is 0 Å². The molecule has 0 unspecified atom stereocenters. The van der Waals surface area contributed by atoms with Crippen molar-refractivity contribution in [2.75, 3.05) is 27.7 Å². The van der Waals surface area contributed by atoms with Gasteiger partial charge in [0.2, 0.25) is 0 Å². The number of guanidine groups is 1. The number of nitrogens with zero attached hydrogens (tertiary/aromatic N) is 2. The van der Waals surface area contributed by atoms with Gasteiger partial charge in [-0.25, -0.2) is 0 Å². The van der Waals surface area contributed by atoms with Crippen molar-refractivity contribution in [3.8, 4) is 0 Å². The minimum atomic E-state index is 0. The molecule has 1 saturated carbocycles. The van der Waals surface area contributed by atoms with E-state index < -0.39 is 0 Å². The molecule has 1 aliphatic rings. The summed E-state index contributed by atoms with van der Waals surface area (Å²) in [6, 6.07) is 12.2. The van der Waals surface area contributed by atoms with Gasteiger partial charge in [-0.2, -0.15) is 0 Å². The first-order valence-corrected chi connectivity index (χ1v) is 11.2. The number of carbonyl (C=O) groups is 1. The zero-order valence-corrected chi connectivity index (χ0v) is 21.3. The molecule has 5 nitrogen and oxygen atoms in total. The minimum Gasteiger partial charge on any atom is -0.355 e. The summed E-state index contributed by atoms with van der Waals surface area (Å²) in [5.41, 5.74) is 2.04. The first-order chi connectivity index (χ1) is 14.0. The van der Waals surface area contributed by atoms with E-state index in [-0.39, 0.29) is 35.3 Å². The van der Waals surface area contributed by atoms with Crippen LogP contribution in [0.1, 0.15) is 52.9 Å². The molecule has 1 fully saturated rings. The van der Waals surface area contributed by atoms with E-state index in [1.807, 2.05) is 42.6 Å². The van der Waals surface area contributed by atoms with E-state index in [4.69, 9.17) is 0 Å². The van der Waals surface area contributed by atoms with Crippen LogP contribution in [-0.4, -0.2) is 44.5 Å². The molecule has 0 saturated heterocycles. The topological polar surface area (TPSA) is 56.7 Å². The number of rotatable bonds is 6. The number of thiophene rings is 1. The molecule has 0 radical (unpaired) electrons. The van der Waals surface area contributed by atoms with E-state index in [1.165, 1.54) is 37.0 Å². The van der Waals surface area contributed by atoms with Crippen LogP contribution in [0.5, 0.6) is 0 Å². The van der Waals surface area contributed by atoms with Crippen LogP contribution < -0.4 is 10.6 Å². The van der Waals surface area contributed by atoms with E-state index in [9.17, 15) is 4.79 Å². The van der Waals surface area contributed by atoms with Crippen molar-refractivity contribution in [2.45, 2.75) is 44.1 Å². The van der Waals surface area contributed by atoms with Gasteiger partial charge in [0.05, 0.1) is 0 Å². The summed E-state index contributed by atoms with van der Waals surface area (Å²) in [5.74, 6) is 0.841. The van der Waals surface area contributed by atoms with Gasteiger partial charge in [0.15, 0.2) is 5.96 Å². The molecule has 1 amide bonds. The van der Waals surface area contributed by atoms with Crippen LogP contribution in [0.4, 0.5) is 0 Å². The SMILES string of the molecule is CN=C(NCc1ccc(C(=O)N(C)C)cc1)NCC1(c2cccs2)CCCCC1.I. The molecule has 30 heavy (non-hydrogen) atoms. The van der Waals surface area contributed by atoms with Crippen LogP contribution in [0.25, 0.3) is 0 Å². The first kappa shape index (κ1) is 24.7. The molecular weight excluding hydrogens is 507 g/mol. The number of benzene rings is 1. The molecule has 7 heteroatoms. The largest absolute Gasteiger partial charge is 0.355 e. The number of halogens is 1. The number of aliphatic imine (C=N–C) groups is 1. The Morgan fingerprint density at radius 2 is 1.80 bits per heavy atom. The van der Waals surface area contributed by atoms with Crippen molar-refractivity contribution in [1.29, 1.82) is 0 Å². The second-order valence-corrected chi connectivity index (χ2v) is 8.94. The highest BCUT2D eigenvalue weighted by Crippen LogP contribution is 2.41. The second kappa shape index (κ2) is 11.7. The maximum absolute atomic E-state index is 12.0. The molecule has 0 atom stereocenters. The molecule has 2 aromatic rings. The lowest BCUT2D eigenvalue weighted by atomic mass is 9.73. The monoisotopic (exact) mass is 540 g/mol. The summed E-state index contributed by atoms with van der Waals surface area (Å²) in [5, 5.41) is 9.16. The zero-order valence-electron chi connectivity index (χ0n) is 18.1. The summed E-state index contributed by atoms with van der Waals surface area (Å²) < 4.78 is 0. The standard InChI is InChI=1S/C23H32N4OS.HI/c1-24-22(25-16-18-9-11-19(12-10-18)21(28)27(2)3)26-17-23(13-5-4-6-14-23)20-8-7-15-29-20;/h7-12,15H,4-6,13-14,16-17H2,1-3H3,(H2,24,25,26);1H. The maximum atomic E-state index is 12.0. The Balaban J connectivity index is 0.00000320. The number of hydrogen-bond acceptors (Lipinski definition) is 3. The third-order valence-corrected chi connectivity index (χ3v) is 6.86. The van der Waals surface area contributed by atoms with Gasteiger partial charge >= 0.3 is 0 Å². The zero-order chi connectivity index (χ0) is 20.7. The van der Waals surface area contributed by atoms with Crippen LogP contribution in [0.2, 0.25) is 0 Å². The summed E-state index contributed by atoms with van der Waals surface area (Å²) >= 11 is 1.87. The summed E-state index contributed by atoms with van der Waals surface area (Å²) in [4.78, 5) is 19.5. The highest BCUT2D eigenvalue weighted by atomic mass is 127. The molecule has 1 aromatic heterocycles. The third-order valence-electron chi connectivity index (χ3n) is 5.74. The maximum Gasteiger partial charge on any atom is 0.253 e. The van der Waals surface area contributed by atoms with Crippen molar-refractivity contribution in [3.63, 3.8) is 0 Å². The molecule has 0 aliphatic heterocycles. The summed E-state index contributed by atoms with van der Waals surface area (Å²) in [6.45, 7) is 1.57. The Bertz CT molecular complexity index is 812. The van der Waals surface area contributed by atoms with Crippen LogP contribution >= 0.6 is 35.3 Å². The minimum absolute atomic E-state index is 0. The normalized spacial score (nSPS) is 15.8. The molecule has 0 bridgehead atoms. The Kier molecular flexibility index (Phi) is 9.61. The fourth-order valence-corrected chi connectivity index (χ4v) is 4.99. The molecule has 1 heterocycles. The summed E-state index contributed by atoms with van der Waals surface area (Å²) in [7, 11) is 5.35. The average Bonchev–Trinajstić information content (AvgIpc) is 3.30. The van der Waals surface area contributed by atoms with Gasteiger partial charge < -0.3 is 15.5 Å². The highest BCUT2D eigenvalue weighted by molar-refractivity contribution is 14.0. The van der Waals surface area contributed by atoms with Gasteiger partial charge in [0.1, 0.15) is 0 Å². The van der Waals surface area contributed by atoms with Crippen molar-refractivity contribution in [2.24, 2.45) is 4.99 Å². The quantitative estimate of drug-likeness (QED) is 0.319. The Labute approximate surface area is 201 Å². The van der Waals surface area contributed by atoms with Crippen LogP contribution in [0.3, 0.4) is 0 Å². The van der Waals surface area contributed by atoms with Crippen molar-refractivity contribution in [3.05, 3.63) is 57.8 Å². The van der Waals surface area contributed by atoms with Crippen molar-refractivity contribution >= 4 is 47.2 Å². The lowest BCUT2D eigenvalue weighted by molar-refractivity contribution is 0.0827. The average molecular weight is 541 g/mol. The number of nitrogens with one attached hydrogen (secondary N) is 2. The Hall–Kier alpha value is -1.61. The fourth-order valence-electron chi connectivity index (χ4n) is 4.00. The Morgan fingerprint density at radius 3 is 2.37 bits per heavy atom. The molecule has 164 valence electrons. The third kappa shape index (κ3) is 6.20. The predicted molar refractivity (Wildman–Crippen MR) is 137 cm³/mol. The van der Waals surface area contributed by atoms with E-state index in [0.717, 1.165) is 18.1 Å².